The lowest BCUT2D eigenvalue weighted by molar-refractivity contribution is -0.162. The average Bonchev–Trinajstić information content (AvgIpc) is 3.22. The van der Waals surface area contributed by atoms with Crippen molar-refractivity contribution in [1.29, 1.82) is 0 Å². The summed E-state index contributed by atoms with van der Waals surface area (Å²) >= 11 is 0. The van der Waals surface area contributed by atoms with Crippen molar-refractivity contribution in [3.63, 3.8) is 0 Å². The highest BCUT2D eigenvalue weighted by Gasteiger charge is 2.77. The molecule has 172 valence electrons. The number of fused-ring (bicyclic) bond motifs is 4. The number of aliphatic hydroxyl groups excluding tert-OH is 1. The first kappa shape index (κ1) is 21.7. The first-order chi connectivity index (χ1) is 14.2. The minimum absolute atomic E-state index is 0.119. The normalized spacial score (nSPS) is 53.6. The molecule has 0 aromatic rings. The molecule has 2 nitrogen and oxygen atoms in total. The van der Waals surface area contributed by atoms with Crippen molar-refractivity contribution in [2.45, 2.75) is 111 Å². The van der Waals surface area contributed by atoms with E-state index in [0.717, 1.165) is 36.5 Å². The van der Waals surface area contributed by atoms with Gasteiger partial charge in [0.15, 0.2) is 0 Å². The van der Waals surface area contributed by atoms with E-state index in [2.05, 4.69) is 34.6 Å². The van der Waals surface area contributed by atoms with Gasteiger partial charge in [-0.3, -0.25) is 0 Å². The van der Waals surface area contributed by atoms with Gasteiger partial charge in [-0.2, -0.15) is 0 Å². The van der Waals surface area contributed by atoms with E-state index in [4.69, 9.17) is 4.74 Å². The van der Waals surface area contributed by atoms with Gasteiger partial charge < -0.3 is 9.84 Å². The molecular formula is C28H48O2. The molecule has 0 unspecified atom stereocenters. The van der Waals surface area contributed by atoms with Gasteiger partial charge in [0.2, 0.25) is 0 Å². The number of hydrogen-bond donors (Lipinski definition) is 1. The lowest BCUT2D eigenvalue weighted by Crippen LogP contribution is -2.57. The zero-order valence-electron chi connectivity index (χ0n) is 20.6. The Hall–Kier alpha value is -0.0800. The van der Waals surface area contributed by atoms with Crippen LogP contribution in [0.5, 0.6) is 0 Å². The second-order valence-electron chi connectivity index (χ2n) is 13.4. The van der Waals surface area contributed by atoms with Crippen LogP contribution in [0, 0.1) is 57.7 Å². The summed E-state index contributed by atoms with van der Waals surface area (Å²) in [4.78, 5) is 0. The molecule has 0 amide bonds. The zero-order chi connectivity index (χ0) is 21.5. The fourth-order valence-corrected chi connectivity index (χ4v) is 10.5. The minimum Gasteiger partial charge on any atom is -0.393 e. The molecule has 5 rings (SSSR count). The quantitative estimate of drug-likeness (QED) is 0.522. The highest BCUT2D eigenvalue weighted by atomic mass is 16.5. The maximum atomic E-state index is 11.0. The highest BCUT2D eigenvalue weighted by Crippen LogP contribution is 2.82. The SMILES string of the molecule is CO[C@@H]1C[C@H]2[C@@H]3CC[C@H]([C@H](C)[C@@H](O)CCC(C)C)[C@@]3(C)CC[C@@H]2[C@@]2(C)CC[C@H]3C[C@]312. The Balaban J connectivity index is 1.37. The van der Waals surface area contributed by atoms with Crippen molar-refractivity contribution in [1.82, 2.24) is 0 Å². The summed E-state index contributed by atoms with van der Waals surface area (Å²) in [6.45, 7) is 12.2. The predicted octanol–water partition coefficient (Wildman–Crippen LogP) is 6.70. The Bertz CT molecular complexity index is 659. The fraction of sp³-hybridized carbons (Fsp3) is 1.00. The van der Waals surface area contributed by atoms with E-state index in [-0.39, 0.29) is 6.10 Å². The fourth-order valence-electron chi connectivity index (χ4n) is 10.5. The monoisotopic (exact) mass is 416 g/mol. The van der Waals surface area contributed by atoms with Gasteiger partial charge in [-0.05, 0) is 116 Å². The molecular weight excluding hydrogens is 368 g/mol. The van der Waals surface area contributed by atoms with E-state index in [1.165, 1.54) is 51.4 Å². The van der Waals surface area contributed by atoms with Gasteiger partial charge in [0.25, 0.3) is 0 Å². The summed E-state index contributed by atoms with van der Waals surface area (Å²) in [6.07, 6.45) is 13.8. The molecule has 1 spiro atoms. The van der Waals surface area contributed by atoms with Crippen molar-refractivity contribution < 1.29 is 9.84 Å². The Kier molecular flexibility index (Phi) is 5.23. The maximum absolute atomic E-state index is 11.0. The highest BCUT2D eigenvalue weighted by molar-refractivity contribution is 5.26. The van der Waals surface area contributed by atoms with Gasteiger partial charge >= 0.3 is 0 Å². The topological polar surface area (TPSA) is 29.5 Å². The Labute approximate surface area is 185 Å². The smallest absolute Gasteiger partial charge is 0.0638 e. The van der Waals surface area contributed by atoms with Crippen LogP contribution in [0.3, 0.4) is 0 Å². The molecule has 5 aliphatic rings. The van der Waals surface area contributed by atoms with Crippen molar-refractivity contribution in [3.8, 4) is 0 Å². The molecule has 5 saturated carbocycles. The van der Waals surface area contributed by atoms with Gasteiger partial charge in [0.05, 0.1) is 12.2 Å². The lowest BCUT2D eigenvalue weighted by atomic mass is 9.45. The molecule has 0 aliphatic heterocycles. The second kappa shape index (κ2) is 7.21. The van der Waals surface area contributed by atoms with E-state index in [0.29, 0.717) is 40.1 Å². The number of rotatable bonds is 6. The van der Waals surface area contributed by atoms with Gasteiger partial charge in [0, 0.05) is 12.5 Å². The van der Waals surface area contributed by atoms with E-state index in [9.17, 15) is 5.11 Å². The average molecular weight is 417 g/mol. The van der Waals surface area contributed by atoms with Gasteiger partial charge in [-0.25, -0.2) is 0 Å². The summed E-state index contributed by atoms with van der Waals surface area (Å²) in [5, 5.41) is 11.0. The molecule has 2 heteroatoms. The van der Waals surface area contributed by atoms with Crippen LogP contribution in [-0.2, 0) is 4.74 Å². The molecule has 30 heavy (non-hydrogen) atoms. The molecule has 0 heterocycles. The van der Waals surface area contributed by atoms with Crippen molar-refractivity contribution in [3.05, 3.63) is 0 Å². The van der Waals surface area contributed by atoms with Gasteiger partial charge in [-0.1, -0.05) is 34.6 Å². The largest absolute Gasteiger partial charge is 0.393 e. The summed E-state index contributed by atoms with van der Waals surface area (Å²) in [7, 11) is 2.00. The second-order valence-corrected chi connectivity index (χ2v) is 13.4. The first-order valence-electron chi connectivity index (χ1n) is 13.4. The zero-order valence-corrected chi connectivity index (χ0v) is 20.6. The summed E-state index contributed by atoms with van der Waals surface area (Å²) in [5.74, 6) is 5.43. The Morgan fingerprint density at radius 1 is 0.967 bits per heavy atom. The molecule has 0 aromatic carbocycles. The van der Waals surface area contributed by atoms with Crippen LogP contribution in [0.1, 0.15) is 98.8 Å². The molecule has 0 radical (unpaired) electrons. The number of methoxy groups -OCH3 is 1. The third kappa shape index (κ3) is 2.74. The Morgan fingerprint density at radius 2 is 1.73 bits per heavy atom. The van der Waals surface area contributed by atoms with Gasteiger partial charge in [0.1, 0.15) is 0 Å². The van der Waals surface area contributed by atoms with E-state index >= 15 is 0 Å². The van der Waals surface area contributed by atoms with Crippen molar-refractivity contribution >= 4 is 0 Å². The van der Waals surface area contributed by atoms with Gasteiger partial charge in [-0.15, -0.1) is 0 Å². The lowest BCUT2D eigenvalue weighted by Gasteiger charge is -2.61. The molecule has 5 aliphatic carbocycles. The van der Waals surface area contributed by atoms with Crippen LogP contribution in [0.2, 0.25) is 0 Å². The molecule has 0 aromatic heterocycles. The van der Waals surface area contributed by atoms with Crippen LogP contribution in [-0.4, -0.2) is 24.4 Å². The van der Waals surface area contributed by atoms with Crippen LogP contribution in [0.4, 0.5) is 0 Å². The molecule has 5 fully saturated rings. The van der Waals surface area contributed by atoms with E-state index in [1.807, 2.05) is 7.11 Å². The molecule has 0 saturated heterocycles. The standard InChI is InChI=1S/C28H48O2/c1-17(2)7-10-24(29)18(3)21-8-9-22-20-15-25(30-6)28-16-19(28)11-14-27(28,5)23(20)12-13-26(21,22)4/h17-25,29H,7-16H2,1-6H3/t18-,19-,20-,21+,22-,23-,24-,25+,26+,27+,28-/m0/s1. The number of ether oxygens (including phenoxy) is 1. The maximum Gasteiger partial charge on any atom is 0.0638 e. The summed E-state index contributed by atoms with van der Waals surface area (Å²) < 4.78 is 6.27. The third-order valence-corrected chi connectivity index (χ3v) is 12.2. The van der Waals surface area contributed by atoms with Crippen molar-refractivity contribution in [2.75, 3.05) is 7.11 Å². The first-order valence-corrected chi connectivity index (χ1v) is 13.4. The summed E-state index contributed by atoms with van der Waals surface area (Å²) in [6, 6.07) is 0. The van der Waals surface area contributed by atoms with E-state index < -0.39 is 0 Å². The predicted molar refractivity (Wildman–Crippen MR) is 123 cm³/mol. The molecule has 0 bridgehead atoms. The Morgan fingerprint density at radius 3 is 2.40 bits per heavy atom. The number of hydrogen-bond acceptors (Lipinski definition) is 2. The van der Waals surface area contributed by atoms with Crippen LogP contribution < -0.4 is 0 Å². The molecule has 11 atom stereocenters. The van der Waals surface area contributed by atoms with Crippen LogP contribution in [0.25, 0.3) is 0 Å². The third-order valence-electron chi connectivity index (χ3n) is 12.2. The summed E-state index contributed by atoms with van der Waals surface area (Å²) in [5.41, 5.74) is 1.50. The molecule has 1 N–H and O–H groups in total. The van der Waals surface area contributed by atoms with Crippen LogP contribution >= 0.6 is 0 Å². The minimum atomic E-state index is -0.119. The van der Waals surface area contributed by atoms with Crippen molar-refractivity contribution in [2.24, 2.45) is 57.7 Å². The van der Waals surface area contributed by atoms with Crippen LogP contribution in [0.15, 0.2) is 0 Å². The number of aliphatic hydroxyl groups is 1. The van der Waals surface area contributed by atoms with E-state index in [1.54, 1.807) is 0 Å².